The molecule has 0 saturated carbocycles. The smallest absolute Gasteiger partial charge is 0.158 e. The Morgan fingerprint density at radius 1 is 1.24 bits per heavy atom. The largest absolute Gasteiger partial charge is 0.362 e. The Bertz CT molecular complexity index is 480. The summed E-state index contributed by atoms with van der Waals surface area (Å²) in [5.41, 5.74) is 1.09. The van der Waals surface area contributed by atoms with Crippen molar-refractivity contribution < 1.29 is 4.79 Å². The quantitative estimate of drug-likeness (QED) is 0.760. The summed E-state index contributed by atoms with van der Waals surface area (Å²) in [7, 11) is 0. The van der Waals surface area contributed by atoms with Gasteiger partial charge in [-0.05, 0) is 43.2 Å². The minimum Gasteiger partial charge on any atom is -0.362 e. The zero-order valence-corrected chi connectivity index (χ0v) is 10.3. The Balaban J connectivity index is 1.95. The zero-order valence-electron chi connectivity index (χ0n) is 9.53. The molecule has 0 bridgehead atoms. The lowest BCUT2D eigenvalue weighted by molar-refractivity contribution is -0.114. The fraction of sp³-hybridized carbons (Fsp3) is 0.357. The molecule has 0 aromatic heterocycles. The van der Waals surface area contributed by atoms with Gasteiger partial charge in [0, 0.05) is 23.7 Å². The highest BCUT2D eigenvalue weighted by atomic mass is 35.5. The van der Waals surface area contributed by atoms with Crippen molar-refractivity contribution in [1.82, 2.24) is 0 Å². The third-order valence-corrected chi connectivity index (χ3v) is 3.98. The number of anilines is 1. The normalized spacial score (nSPS) is 27.4. The van der Waals surface area contributed by atoms with E-state index in [9.17, 15) is 4.79 Å². The molecule has 1 aliphatic carbocycles. The lowest BCUT2D eigenvalue weighted by Gasteiger charge is -2.35. The van der Waals surface area contributed by atoms with Crippen LogP contribution >= 0.6 is 11.6 Å². The maximum absolute atomic E-state index is 11.5. The van der Waals surface area contributed by atoms with Crippen LogP contribution in [0.25, 0.3) is 0 Å². The second-order valence-corrected chi connectivity index (χ2v) is 5.25. The molecule has 3 rings (SSSR count). The maximum atomic E-state index is 11.5. The topological polar surface area (TPSA) is 20.3 Å². The van der Waals surface area contributed by atoms with Gasteiger partial charge in [-0.25, -0.2) is 0 Å². The molecule has 1 unspecified atom stereocenters. The van der Waals surface area contributed by atoms with Crippen molar-refractivity contribution in [2.45, 2.75) is 24.8 Å². The summed E-state index contributed by atoms with van der Waals surface area (Å²) < 4.78 is 0. The summed E-state index contributed by atoms with van der Waals surface area (Å²) in [6, 6.07) is 7.88. The summed E-state index contributed by atoms with van der Waals surface area (Å²) >= 11 is 5.91. The maximum Gasteiger partial charge on any atom is 0.158 e. The van der Waals surface area contributed by atoms with Crippen molar-refractivity contribution in [3.63, 3.8) is 0 Å². The van der Waals surface area contributed by atoms with Crippen LogP contribution in [0.3, 0.4) is 0 Å². The number of benzene rings is 1. The predicted molar refractivity (Wildman–Crippen MR) is 69.5 cm³/mol. The van der Waals surface area contributed by atoms with Crippen molar-refractivity contribution in [3.8, 4) is 0 Å². The Morgan fingerprint density at radius 2 is 2.00 bits per heavy atom. The lowest BCUT2D eigenvalue weighted by atomic mass is 9.95. The van der Waals surface area contributed by atoms with Gasteiger partial charge in [0.05, 0.1) is 5.54 Å². The zero-order chi connectivity index (χ0) is 11.9. The number of carbonyl (C=O) groups is 1. The molecule has 88 valence electrons. The molecule has 3 heteroatoms. The summed E-state index contributed by atoms with van der Waals surface area (Å²) in [5, 5.41) is 0.750. The molecule has 1 aromatic rings. The van der Waals surface area contributed by atoms with E-state index < -0.39 is 0 Å². The molecule has 1 saturated heterocycles. The van der Waals surface area contributed by atoms with Crippen molar-refractivity contribution in [1.29, 1.82) is 0 Å². The predicted octanol–water partition coefficient (Wildman–Crippen LogP) is 3.21. The molecule has 1 aromatic carbocycles. The first-order valence-corrected chi connectivity index (χ1v) is 6.33. The molecule has 17 heavy (non-hydrogen) atoms. The number of hydrogen-bond donors (Lipinski definition) is 0. The lowest BCUT2D eigenvalue weighted by Crippen LogP contribution is -2.41. The third-order valence-electron chi connectivity index (χ3n) is 3.73. The fourth-order valence-electron chi connectivity index (χ4n) is 2.93. The van der Waals surface area contributed by atoms with Crippen molar-refractivity contribution in [3.05, 3.63) is 41.4 Å². The highest BCUT2D eigenvalue weighted by molar-refractivity contribution is 6.30. The molecule has 1 spiro atoms. The van der Waals surface area contributed by atoms with E-state index in [1.165, 1.54) is 0 Å². The van der Waals surface area contributed by atoms with Crippen molar-refractivity contribution in [2.75, 3.05) is 11.4 Å². The van der Waals surface area contributed by atoms with E-state index in [-0.39, 0.29) is 11.3 Å². The molecule has 2 aliphatic rings. The molecule has 0 amide bonds. The minimum atomic E-state index is -0.0646. The van der Waals surface area contributed by atoms with Crippen LogP contribution in [0.15, 0.2) is 36.4 Å². The molecular formula is C14H14ClNO. The number of rotatable bonds is 1. The second kappa shape index (κ2) is 3.88. The third kappa shape index (κ3) is 1.77. The van der Waals surface area contributed by atoms with E-state index >= 15 is 0 Å². The van der Waals surface area contributed by atoms with E-state index in [1.807, 2.05) is 24.3 Å². The van der Waals surface area contributed by atoms with Gasteiger partial charge in [0.25, 0.3) is 0 Å². The average Bonchev–Trinajstić information content (AvgIpc) is 2.88. The summed E-state index contributed by atoms with van der Waals surface area (Å²) in [5.74, 6) is 0.242. The van der Waals surface area contributed by atoms with Gasteiger partial charge in [0.2, 0.25) is 0 Å². The van der Waals surface area contributed by atoms with Crippen LogP contribution in [-0.4, -0.2) is 17.9 Å². The Labute approximate surface area is 106 Å². The molecule has 0 radical (unpaired) electrons. The van der Waals surface area contributed by atoms with Crippen LogP contribution in [0, 0.1) is 0 Å². The van der Waals surface area contributed by atoms with Crippen LogP contribution in [0.4, 0.5) is 5.69 Å². The fourth-order valence-corrected chi connectivity index (χ4v) is 3.06. The molecular weight excluding hydrogens is 234 g/mol. The van der Waals surface area contributed by atoms with Gasteiger partial charge in [-0.1, -0.05) is 17.7 Å². The van der Waals surface area contributed by atoms with E-state index in [2.05, 4.69) is 11.0 Å². The van der Waals surface area contributed by atoms with E-state index in [0.29, 0.717) is 6.42 Å². The van der Waals surface area contributed by atoms with Gasteiger partial charge in [-0.15, -0.1) is 0 Å². The number of ketones is 1. The van der Waals surface area contributed by atoms with Gasteiger partial charge in [0.15, 0.2) is 5.78 Å². The van der Waals surface area contributed by atoms with Gasteiger partial charge in [0.1, 0.15) is 0 Å². The SMILES string of the molecule is O=C1C=CC2(CCCN2c2ccc(Cl)cc2)C1. The minimum absolute atomic E-state index is 0.0646. The molecule has 1 heterocycles. The molecule has 1 fully saturated rings. The van der Waals surface area contributed by atoms with Gasteiger partial charge in [-0.2, -0.15) is 0 Å². The first-order valence-electron chi connectivity index (χ1n) is 5.95. The summed E-state index contributed by atoms with van der Waals surface area (Å²) in [6.45, 7) is 1.01. The van der Waals surface area contributed by atoms with Gasteiger partial charge >= 0.3 is 0 Å². The first-order chi connectivity index (χ1) is 8.20. The van der Waals surface area contributed by atoms with Crippen LogP contribution in [-0.2, 0) is 4.79 Å². The van der Waals surface area contributed by atoms with Crippen LogP contribution in [0.5, 0.6) is 0 Å². The Kier molecular flexibility index (Phi) is 2.48. The number of allylic oxidation sites excluding steroid dienone is 1. The van der Waals surface area contributed by atoms with Gasteiger partial charge in [-0.3, -0.25) is 4.79 Å². The average molecular weight is 248 g/mol. The van der Waals surface area contributed by atoms with Gasteiger partial charge < -0.3 is 4.90 Å². The van der Waals surface area contributed by atoms with Crippen LogP contribution in [0.2, 0.25) is 5.02 Å². The van der Waals surface area contributed by atoms with Crippen LogP contribution < -0.4 is 4.90 Å². The standard InChI is InChI=1S/C14H14ClNO/c15-11-2-4-12(5-3-11)16-9-1-7-14(16)8-6-13(17)10-14/h2-6,8H,1,7,9-10H2. The number of nitrogens with zero attached hydrogens (tertiary/aromatic N) is 1. The monoisotopic (exact) mass is 247 g/mol. The summed E-state index contributed by atoms with van der Waals surface area (Å²) in [4.78, 5) is 13.8. The molecule has 2 nitrogen and oxygen atoms in total. The van der Waals surface area contributed by atoms with Crippen LogP contribution in [0.1, 0.15) is 19.3 Å². The molecule has 1 atom stereocenters. The molecule has 1 aliphatic heterocycles. The Hall–Kier alpha value is -1.28. The van der Waals surface area contributed by atoms with E-state index in [1.54, 1.807) is 6.08 Å². The highest BCUT2D eigenvalue weighted by Gasteiger charge is 2.42. The number of hydrogen-bond acceptors (Lipinski definition) is 2. The van der Waals surface area contributed by atoms with Crippen molar-refractivity contribution in [2.24, 2.45) is 0 Å². The summed E-state index contributed by atoms with van der Waals surface area (Å²) in [6.07, 6.45) is 6.64. The molecule has 0 N–H and O–H groups in total. The second-order valence-electron chi connectivity index (χ2n) is 4.81. The first kappa shape index (κ1) is 10.8. The van der Waals surface area contributed by atoms with E-state index in [4.69, 9.17) is 11.6 Å². The Morgan fingerprint density at radius 3 is 2.65 bits per heavy atom. The van der Waals surface area contributed by atoms with Crippen molar-refractivity contribution >= 4 is 23.1 Å². The number of halogens is 1. The number of carbonyl (C=O) groups excluding carboxylic acids is 1. The highest BCUT2D eigenvalue weighted by Crippen LogP contribution is 2.40. The van der Waals surface area contributed by atoms with E-state index in [0.717, 1.165) is 30.1 Å².